The average molecular weight is 170 g/mol. The fourth-order valence-corrected chi connectivity index (χ4v) is 0.985. The average Bonchev–Trinajstić information content (AvgIpc) is 2.30. The molecular weight excluding hydrogens is 160 g/mol. The van der Waals surface area contributed by atoms with E-state index in [1.54, 1.807) is 0 Å². The molecule has 1 aromatic heterocycles. The minimum Gasteiger partial charge on any atom is -0.354 e. The summed E-state index contributed by atoms with van der Waals surface area (Å²) in [6.07, 6.45) is 0. The van der Waals surface area contributed by atoms with Gasteiger partial charge in [-0.1, -0.05) is 19.0 Å². The third-order valence-electron chi connectivity index (χ3n) is 1.59. The second-order valence-electron chi connectivity index (χ2n) is 2.88. The van der Waals surface area contributed by atoms with E-state index in [1.807, 2.05) is 13.8 Å². The van der Waals surface area contributed by atoms with E-state index in [-0.39, 0.29) is 17.4 Å². The normalized spacial score (nSPS) is 10.7. The third-order valence-corrected chi connectivity index (χ3v) is 1.59. The van der Waals surface area contributed by atoms with Crippen molar-refractivity contribution in [2.75, 3.05) is 0 Å². The van der Waals surface area contributed by atoms with E-state index in [4.69, 9.17) is 4.52 Å². The van der Waals surface area contributed by atoms with Gasteiger partial charge in [-0.15, -0.1) is 0 Å². The fraction of sp³-hybridized carbons (Fsp3) is 0.571. The molecule has 0 saturated heterocycles. The molecule has 0 aliphatic heterocycles. The van der Waals surface area contributed by atoms with Crippen LogP contribution in [0.15, 0.2) is 4.52 Å². The Morgan fingerprint density at radius 3 is 2.50 bits per heavy atom. The summed E-state index contributed by atoms with van der Waals surface area (Å²) in [5.41, 5.74) is 0.419. The van der Waals surface area contributed by atoms with Gasteiger partial charge in [-0.3, -0.25) is 10.1 Å². The molecule has 0 bridgehead atoms. The van der Waals surface area contributed by atoms with Gasteiger partial charge in [0.1, 0.15) is 0 Å². The SMILES string of the molecule is Cc1onc(C(C)C)c1[N+](=O)[O-]. The standard InChI is InChI=1S/C7H10N2O3/c1-4(2)6-7(9(10)11)5(3)12-8-6/h4H,1-3H3. The molecule has 1 heterocycles. The Bertz CT molecular complexity index is 304. The highest BCUT2D eigenvalue weighted by Crippen LogP contribution is 2.28. The van der Waals surface area contributed by atoms with Crippen molar-refractivity contribution >= 4 is 5.69 Å². The highest BCUT2D eigenvalue weighted by Gasteiger charge is 2.25. The molecule has 0 atom stereocenters. The molecular formula is C7H10N2O3. The largest absolute Gasteiger partial charge is 0.354 e. The summed E-state index contributed by atoms with van der Waals surface area (Å²) in [4.78, 5) is 10.1. The van der Waals surface area contributed by atoms with Gasteiger partial charge in [0.15, 0.2) is 5.69 Å². The lowest BCUT2D eigenvalue weighted by atomic mass is 10.1. The van der Waals surface area contributed by atoms with Crippen LogP contribution in [0.3, 0.4) is 0 Å². The fourth-order valence-electron chi connectivity index (χ4n) is 0.985. The van der Waals surface area contributed by atoms with Crippen molar-refractivity contribution in [3.63, 3.8) is 0 Å². The van der Waals surface area contributed by atoms with E-state index < -0.39 is 4.92 Å². The van der Waals surface area contributed by atoms with Crippen LogP contribution in [-0.4, -0.2) is 10.1 Å². The molecule has 0 saturated carbocycles. The maximum atomic E-state index is 10.5. The lowest BCUT2D eigenvalue weighted by molar-refractivity contribution is -0.386. The molecule has 0 amide bonds. The summed E-state index contributed by atoms with van der Waals surface area (Å²) in [6, 6.07) is 0. The molecule has 0 radical (unpaired) electrons. The van der Waals surface area contributed by atoms with Crippen LogP contribution in [0.25, 0.3) is 0 Å². The van der Waals surface area contributed by atoms with Gasteiger partial charge >= 0.3 is 5.69 Å². The summed E-state index contributed by atoms with van der Waals surface area (Å²) in [5, 5.41) is 14.1. The molecule has 5 heteroatoms. The molecule has 0 aromatic carbocycles. The van der Waals surface area contributed by atoms with Crippen LogP contribution >= 0.6 is 0 Å². The molecule has 0 fully saturated rings. The van der Waals surface area contributed by atoms with E-state index in [2.05, 4.69) is 5.16 Å². The van der Waals surface area contributed by atoms with Crippen molar-refractivity contribution in [2.24, 2.45) is 0 Å². The molecule has 0 aliphatic rings. The first kappa shape index (κ1) is 8.70. The molecule has 66 valence electrons. The smallest absolute Gasteiger partial charge is 0.334 e. The minimum atomic E-state index is -0.457. The Kier molecular flexibility index (Phi) is 2.12. The van der Waals surface area contributed by atoms with Crippen LogP contribution in [0.1, 0.15) is 31.2 Å². The number of rotatable bonds is 2. The molecule has 1 rings (SSSR count). The first-order chi connectivity index (χ1) is 5.54. The molecule has 5 nitrogen and oxygen atoms in total. The van der Waals surface area contributed by atoms with Crippen molar-refractivity contribution in [3.05, 3.63) is 21.6 Å². The first-order valence-corrected chi connectivity index (χ1v) is 3.64. The summed E-state index contributed by atoms with van der Waals surface area (Å²) in [7, 11) is 0. The molecule has 1 aromatic rings. The van der Waals surface area contributed by atoms with Gasteiger partial charge in [-0.25, -0.2) is 0 Å². The van der Waals surface area contributed by atoms with Crippen LogP contribution in [0.2, 0.25) is 0 Å². The predicted octanol–water partition coefficient (Wildman–Crippen LogP) is 2.01. The predicted molar refractivity (Wildman–Crippen MR) is 42.0 cm³/mol. The van der Waals surface area contributed by atoms with Crippen LogP contribution in [0.4, 0.5) is 5.69 Å². The van der Waals surface area contributed by atoms with Gasteiger partial charge in [-0.05, 0) is 0 Å². The Morgan fingerprint density at radius 1 is 1.58 bits per heavy atom. The summed E-state index contributed by atoms with van der Waals surface area (Å²) in [6.45, 7) is 5.21. The van der Waals surface area contributed by atoms with Crippen molar-refractivity contribution in [1.82, 2.24) is 5.16 Å². The second-order valence-corrected chi connectivity index (χ2v) is 2.88. The van der Waals surface area contributed by atoms with E-state index in [0.29, 0.717) is 5.69 Å². The number of hydrogen-bond donors (Lipinski definition) is 0. The highest BCUT2D eigenvalue weighted by molar-refractivity contribution is 5.39. The van der Waals surface area contributed by atoms with E-state index in [1.165, 1.54) is 6.92 Å². The van der Waals surface area contributed by atoms with Crippen molar-refractivity contribution in [2.45, 2.75) is 26.7 Å². The zero-order chi connectivity index (χ0) is 9.30. The molecule has 0 N–H and O–H groups in total. The maximum absolute atomic E-state index is 10.5. The Labute approximate surface area is 69.5 Å². The highest BCUT2D eigenvalue weighted by atomic mass is 16.6. The lowest BCUT2D eigenvalue weighted by Gasteiger charge is -1.95. The molecule has 0 aliphatic carbocycles. The molecule has 0 unspecified atom stereocenters. The minimum absolute atomic E-state index is 0.00463. The van der Waals surface area contributed by atoms with E-state index >= 15 is 0 Å². The lowest BCUT2D eigenvalue weighted by Crippen LogP contribution is -1.95. The number of nitrogens with zero attached hydrogens (tertiary/aromatic N) is 2. The quantitative estimate of drug-likeness (QED) is 0.502. The van der Waals surface area contributed by atoms with Crippen molar-refractivity contribution in [1.29, 1.82) is 0 Å². The number of aryl methyl sites for hydroxylation is 1. The first-order valence-electron chi connectivity index (χ1n) is 3.64. The van der Waals surface area contributed by atoms with Crippen LogP contribution in [0, 0.1) is 17.0 Å². The third kappa shape index (κ3) is 1.30. The molecule has 12 heavy (non-hydrogen) atoms. The van der Waals surface area contributed by atoms with E-state index in [0.717, 1.165) is 0 Å². The summed E-state index contributed by atoms with van der Waals surface area (Å²) >= 11 is 0. The van der Waals surface area contributed by atoms with Crippen molar-refractivity contribution in [3.8, 4) is 0 Å². The van der Waals surface area contributed by atoms with Crippen LogP contribution < -0.4 is 0 Å². The molecule has 0 spiro atoms. The van der Waals surface area contributed by atoms with Gasteiger partial charge in [0.05, 0.1) is 4.92 Å². The van der Waals surface area contributed by atoms with Gasteiger partial charge < -0.3 is 4.52 Å². The van der Waals surface area contributed by atoms with Gasteiger partial charge in [0, 0.05) is 12.8 Å². The zero-order valence-electron chi connectivity index (χ0n) is 7.20. The summed E-state index contributed by atoms with van der Waals surface area (Å²) < 4.78 is 4.73. The number of hydrogen-bond acceptors (Lipinski definition) is 4. The Hall–Kier alpha value is -1.39. The maximum Gasteiger partial charge on any atom is 0.334 e. The second kappa shape index (κ2) is 2.92. The van der Waals surface area contributed by atoms with Gasteiger partial charge in [0.25, 0.3) is 0 Å². The van der Waals surface area contributed by atoms with Gasteiger partial charge in [0.2, 0.25) is 5.76 Å². The Balaban J connectivity index is 3.21. The number of nitro groups is 1. The topological polar surface area (TPSA) is 69.2 Å². The van der Waals surface area contributed by atoms with Crippen LogP contribution in [0.5, 0.6) is 0 Å². The monoisotopic (exact) mass is 170 g/mol. The van der Waals surface area contributed by atoms with Gasteiger partial charge in [-0.2, -0.15) is 0 Å². The van der Waals surface area contributed by atoms with Crippen molar-refractivity contribution < 1.29 is 9.45 Å². The summed E-state index contributed by atoms with van der Waals surface area (Å²) in [5.74, 6) is 0.284. The van der Waals surface area contributed by atoms with Crippen LogP contribution in [-0.2, 0) is 0 Å². The van der Waals surface area contributed by atoms with E-state index in [9.17, 15) is 10.1 Å². The Morgan fingerprint density at radius 2 is 2.17 bits per heavy atom. The zero-order valence-corrected chi connectivity index (χ0v) is 7.20. The number of aromatic nitrogens is 1.